The molecule has 1 heterocycles. The number of nitrogens with zero attached hydrogens (tertiary/aromatic N) is 1. The second-order valence-electron chi connectivity index (χ2n) is 5.12. The van der Waals surface area contributed by atoms with Crippen LogP contribution in [0.3, 0.4) is 0 Å². The van der Waals surface area contributed by atoms with Crippen LogP contribution in [0.1, 0.15) is 0 Å². The largest absolute Gasteiger partial charge is 0.263 e. The number of aromatic nitrogens is 1. The zero-order chi connectivity index (χ0) is 18.0. The maximum absolute atomic E-state index is 12.4. The molecule has 0 saturated heterocycles. The molecule has 0 aliphatic heterocycles. The summed E-state index contributed by atoms with van der Waals surface area (Å²) in [6.07, 6.45) is 1.53. The molecular weight excluding hydrogens is 403 g/mol. The van der Waals surface area contributed by atoms with Crippen LogP contribution in [0.2, 0.25) is 15.1 Å². The van der Waals surface area contributed by atoms with Crippen molar-refractivity contribution in [1.82, 2.24) is 4.98 Å². The molecule has 1 aromatic heterocycles. The summed E-state index contributed by atoms with van der Waals surface area (Å²) in [6.45, 7) is 0. The average Bonchev–Trinajstić information content (AvgIpc) is 2.56. The van der Waals surface area contributed by atoms with Gasteiger partial charge in [-0.3, -0.25) is 4.72 Å². The van der Waals surface area contributed by atoms with Crippen LogP contribution in [0.5, 0.6) is 0 Å². The van der Waals surface area contributed by atoms with Crippen molar-refractivity contribution in [2.45, 2.75) is 4.90 Å². The van der Waals surface area contributed by atoms with E-state index in [-0.39, 0.29) is 10.7 Å². The SMILES string of the molecule is O=S(=O)(Nc1ccc(-c2ccc(Cl)cc2Cl)cn1)c1cccc(Cl)c1. The summed E-state index contributed by atoms with van der Waals surface area (Å²) in [5.74, 6) is 0.189. The first kappa shape index (κ1) is 18.0. The highest BCUT2D eigenvalue weighted by Gasteiger charge is 2.15. The second-order valence-corrected chi connectivity index (χ2v) is 8.08. The smallest absolute Gasteiger partial charge is 0.263 e. The van der Waals surface area contributed by atoms with Crippen molar-refractivity contribution in [1.29, 1.82) is 0 Å². The number of hydrogen-bond donors (Lipinski definition) is 1. The number of halogens is 3. The van der Waals surface area contributed by atoms with Crippen molar-refractivity contribution in [3.63, 3.8) is 0 Å². The third-order valence-corrected chi connectivity index (χ3v) is 5.49. The number of nitrogens with one attached hydrogen (secondary N) is 1. The molecule has 25 heavy (non-hydrogen) atoms. The van der Waals surface area contributed by atoms with E-state index < -0.39 is 10.0 Å². The van der Waals surface area contributed by atoms with Crippen molar-refractivity contribution >= 4 is 50.6 Å². The molecule has 0 aliphatic carbocycles. The van der Waals surface area contributed by atoms with Gasteiger partial charge in [0.05, 0.1) is 4.90 Å². The van der Waals surface area contributed by atoms with Gasteiger partial charge in [0.2, 0.25) is 0 Å². The van der Waals surface area contributed by atoms with Crippen LogP contribution >= 0.6 is 34.8 Å². The van der Waals surface area contributed by atoms with Gasteiger partial charge in [0, 0.05) is 32.4 Å². The Hall–Kier alpha value is -1.79. The first-order valence-corrected chi connectivity index (χ1v) is 9.67. The molecule has 0 bridgehead atoms. The number of rotatable bonds is 4. The zero-order valence-corrected chi connectivity index (χ0v) is 15.7. The maximum atomic E-state index is 12.4. The average molecular weight is 414 g/mol. The lowest BCUT2D eigenvalue weighted by molar-refractivity contribution is 0.601. The van der Waals surface area contributed by atoms with Crippen LogP contribution in [0, 0.1) is 0 Å². The number of anilines is 1. The van der Waals surface area contributed by atoms with Crippen molar-refractivity contribution in [3.05, 3.63) is 75.9 Å². The Kier molecular flexibility index (Phi) is 5.20. The fourth-order valence-electron chi connectivity index (χ4n) is 2.17. The van der Waals surface area contributed by atoms with Crippen LogP contribution in [0.15, 0.2) is 65.7 Å². The highest BCUT2D eigenvalue weighted by Crippen LogP contribution is 2.30. The lowest BCUT2D eigenvalue weighted by Gasteiger charge is -2.09. The zero-order valence-electron chi connectivity index (χ0n) is 12.6. The first-order chi connectivity index (χ1) is 11.8. The lowest BCUT2D eigenvalue weighted by atomic mass is 10.1. The Bertz CT molecular complexity index is 1020. The monoisotopic (exact) mass is 412 g/mol. The summed E-state index contributed by atoms with van der Waals surface area (Å²) in [4.78, 5) is 4.20. The van der Waals surface area contributed by atoms with Gasteiger partial charge < -0.3 is 0 Å². The molecule has 8 heteroatoms. The number of benzene rings is 2. The van der Waals surface area contributed by atoms with E-state index in [9.17, 15) is 8.42 Å². The van der Waals surface area contributed by atoms with Crippen molar-refractivity contribution in [2.24, 2.45) is 0 Å². The highest BCUT2D eigenvalue weighted by atomic mass is 35.5. The Morgan fingerprint density at radius 2 is 1.64 bits per heavy atom. The molecule has 4 nitrogen and oxygen atoms in total. The minimum atomic E-state index is -3.77. The summed E-state index contributed by atoms with van der Waals surface area (Å²) in [7, 11) is -3.77. The summed E-state index contributed by atoms with van der Waals surface area (Å²) >= 11 is 17.9. The number of hydrogen-bond acceptors (Lipinski definition) is 3. The fraction of sp³-hybridized carbons (Fsp3) is 0. The van der Waals surface area contributed by atoms with Gasteiger partial charge in [0.15, 0.2) is 0 Å². The number of pyridine rings is 1. The van der Waals surface area contributed by atoms with Gasteiger partial charge in [0.1, 0.15) is 5.82 Å². The van der Waals surface area contributed by atoms with Crippen LogP contribution < -0.4 is 4.72 Å². The van der Waals surface area contributed by atoms with Gasteiger partial charge in [-0.05, 0) is 42.5 Å². The highest BCUT2D eigenvalue weighted by molar-refractivity contribution is 7.92. The van der Waals surface area contributed by atoms with E-state index in [1.54, 1.807) is 42.5 Å². The lowest BCUT2D eigenvalue weighted by Crippen LogP contribution is -2.13. The first-order valence-electron chi connectivity index (χ1n) is 7.05. The van der Waals surface area contributed by atoms with Crippen LogP contribution in [0.4, 0.5) is 5.82 Å². The molecule has 2 aromatic carbocycles. The van der Waals surface area contributed by atoms with E-state index >= 15 is 0 Å². The summed E-state index contributed by atoms with van der Waals surface area (Å²) in [6, 6.07) is 14.4. The van der Waals surface area contributed by atoms with Gasteiger partial charge >= 0.3 is 0 Å². The van der Waals surface area contributed by atoms with Gasteiger partial charge in [-0.15, -0.1) is 0 Å². The molecule has 0 aliphatic rings. The summed E-state index contributed by atoms with van der Waals surface area (Å²) in [5.41, 5.74) is 1.50. The van der Waals surface area contributed by atoms with E-state index in [0.29, 0.717) is 15.1 Å². The van der Waals surface area contributed by atoms with E-state index in [4.69, 9.17) is 34.8 Å². The summed E-state index contributed by atoms with van der Waals surface area (Å²) < 4.78 is 27.1. The molecule has 128 valence electrons. The van der Waals surface area contributed by atoms with Crippen molar-refractivity contribution in [2.75, 3.05) is 4.72 Å². The Balaban J connectivity index is 1.85. The molecule has 0 radical (unpaired) electrons. The topological polar surface area (TPSA) is 59.1 Å². The van der Waals surface area contributed by atoms with E-state index in [1.165, 1.54) is 18.3 Å². The Morgan fingerprint density at radius 1 is 0.880 bits per heavy atom. The van der Waals surface area contributed by atoms with Gasteiger partial charge in [-0.25, -0.2) is 13.4 Å². The summed E-state index contributed by atoms with van der Waals surface area (Å²) in [5, 5.41) is 1.36. The normalized spacial score (nSPS) is 11.3. The molecule has 0 atom stereocenters. The minimum Gasteiger partial charge on any atom is -0.263 e. The molecule has 3 rings (SSSR count). The predicted octanol–water partition coefficient (Wildman–Crippen LogP) is 5.51. The molecule has 0 unspecified atom stereocenters. The molecule has 3 aromatic rings. The third kappa shape index (κ3) is 4.25. The predicted molar refractivity (Wildman–Crippen MR) is 102 cm³/mol. The fourth-order valence-corrected chi connectivity index (χ4v) is 3.99. The van der Waals surface area contributed by atoms with Crippen LogP contribution in [0.25, 0.3) is 11.1 Å². The van der Waals surface area contributed by atoms with Crippen LogP contribution in [-0.4, -0.2) is 13.4 Å². The quantitative estimate of drug-likeness (QED) is 0.613. The van der Waals surface area contributed by atoms with Crippen molar-refractivity contribution in [3.8, 4) is 11.1 Å². The van der Waals surface area contributed by atoms with Crippen molar-refractivity contribution < 1.29 is 8.42 Å². The van der Waals surface area contributed by atoms with Gasteiger partial charge in [-0.2, -0.15) is 0 Å². The maximum Gasteiger partial charge on any atom is 0.263 e. The third-order valence-electron chi connectivity index (χ3n) is 3.35. The number of sulfonamides is 1. The Morgan fingerprint density at radius 3 is 2.28 bits per heavy atom. The molecule has 0 saturated carbocycles. The minimum absolute atomic E-state index is 0.0617. The van der Waals surface area contributed by atoms with E-state index in [0.717, 1.165) is 11.1 Å². The van der Waals surface area contributed by atoms with E-state index in [1.807, 2.05) is 0 Å². The van der Waals surface area contributed by atoms with Gasteiger partial charge in [-0.1, -0.05) is 46.9 Å². The molecule has 0 amide bonds. The van der Waals surface area contributed by atoms with Gasteiger partial charge in [0.25, 0.3) is 10.0 Å². The standard InChI is InChI=1S/C17H11Cl3N2O2S/c18-12-2-1-3-14(8-12)25(23,24)22-17-7-4-11(10-21-17)15-6-5-13(19)9-16(15)20/h1-10H,(H,21,22). The van der Waals surface area contributed by atoms with Crippen LogP contribution in [-0.2, 0) is 10.0 Å². The molecule has 1 N–H and O–H groups in total. The van der Waals surface area contributed by atoms with E-state index in [2.05, 4.69) is 9.71 Å². The molecule has 0 fully saturated rings. The second kappa shape index (κ2) is 7.22. The Labute approximate surface area is 160 Å². The molecular formula is C17H11Cl3N2O2S. The molecule has 0 spiro atoms.